The van der Waals surface area contributed by atoms with Gasteiger partial charge in [-0.15, -0.1) is 11.3 Å². The third kappa shape index (κ3) is 4.01. The summed E-state index contributed by atoms with van der Waals surface area (Å²) in [4.78, 5) is 21.3. The smallest absolute Gasteiger partial charge is 0.265 e. The number of carbonyl (C=O) groups excluding carboxylic acids is 1. The third-order valence-electron chi connectivity index (χ3n) is 3.76. The zero-order chi connectivity index (χ0) is 18.6. The van der Waals surface area contributed by atoms with Gasteiger partial charge in [0.05, 0.1) is 4.88 Å². The van der Waals surface area contributed by atoms with Gasteiger partial charge in [-0.05, 0) is 54.3 Å². The first-order chi connectivity index (χ1) is 13.2. The summed E-state index contributed by atoms with van der Waals surface area (Å²) in [5.74, 6) is 1.22. The van der Waals surface area contributed by atoms with Gasteiger partial charge >= 0.3 is 0 Å². The lowest BCUT2D eigenvalue weighted by Crippen LogP contribution is -2.10. The van der Waals surface area contributed by atoms with E-state index in [4.69, 9.17) is 0 Å². The second-order valence-corrected chi connectivity index (χ2v) is 6.77. The summed E-state index contributed by atoms with van der Waals surface area (Å²) < 4.78 is 1.66. The molecule has 0 aliphatic rings. The van der Waals surface area contributed by atoms with Crippen molar-refractivity contribution in [3.63, 3.8) is 0 Å². The average Bonchev–Trinajstić information content (AvgIpc) is 3.35. The largest absolute Gasteiger partial charge is 0.340 e. The highest BCUT2D eigenvalue weighted by Crippen LogP contribution is 2.20. The molecule has 2 N–H and O–H groups in total. The number of hydrogen-bond acceptors (Lipinski definition) is 6. The third-order valence-corrected chi connectivity index (χ3v) is 4.81. The second kappa shape index (κ2) is 7.38. The maximum atomic E-state index is 12.2. The number of nitrogens with one attached hydrogen (secondary N) is 2. The number of hydrogen-bond donors (Lipinski definition) is 2. The molecule has 0 radical (unpaired) electrons. The molecule has 4 rings (SSSR count). The van der Waals surface area contributed by atoms with E-state index in [1.165, 1.54) is 17.7 Å². The summed E-state index contributed by atoms with van der Waals surface area (Å²) in [5.41, 5.74) is 2.67. The fraction of sp³-hybridized carbons (Fsp3) is 0.0526. The minimum absolute atomic E-state index is 0.103. The fourth-order valence-corrected chi connectivity index (χ4v) is 3.27. The standard InChI is InChI=1S/C19H16N6OS/c1-13-9-16(27-11-13)19(26)24-15-5-3-14(4-6-15)23-17-10-18(21-12-20-17)25-8-2-7-22-25/h2-12H,1H3,(H,24,26)(H,20,21,23). The van der Waals surface area contributed by atoms with Gasteiger partial charge < -0.3 is 10.6 Å². The topological polar surface area (TPSA) is 84.7 Å². The van der Waals surface area contributed by atoms with Crippen molar-refractivity contribution in [2.75, 3.05) is 10.6 Å². The molecule has 0 saturated carbocycles. The van der Waals surface area contributed by atoms with Crippen molar-refractivity contribution < 1.29 is 4.79 Å². The van der Waals surface area contributed by atoms with Crippen LogP contribution in [-0.4, -0.2) is 25.7 Å². The number of thiophene rings is 1. The molecule has 0 fully saturated rings. The number of aromatic nitrogens is 4. The van der Waals surface area contributed by atoms with Gasteiger partial charge in [-0.3, -0.25) is 4.79 Å². The Morgan fingerprint density at radius 1 is 1.11 bits per heavy atom. The predicted octanol–water partition coefficient (Wildman–Crippen LogP) is 4.03. The maximum Gasteiger partial charge on any atom is 0.265 e. The molecule has 3 heterocycles. The summed E-state index contributed by atoms with van der Waals surface area (Å²) in [5, 5.41) is 12.2. The first-order valence-electron chi connectivity index (χ1n) is 8.23. The Morgan fingerprint density at radius 3 is 2.63 bits per heavy atom. The van der Waals surface area contributed by atoms with Crippen molar-refractivity contribution in [1.82, 2.24) is 19.7 Å². The molecule has 3 aromatic heterocycles. The minimum Gasteiger partial charge on any atom is -0.340 e. The highest BCUT2D eigenvalue weighted by molar-refractivity contribution is 7.12. The van der Waals surface area contributed by atoms with Gasteiger partial charge in [-0.2, -0.15) is 5.10 Å². The quantitative estimate of drug-likeness (QED) is 0.549. The van der Waals surface area contributed by atoms with Crippen molar-refractivity contribution in [2.45, 2.75) is 6.92 Å². The Hall–Kier alpha value is -3.52. The van der Waals surface area contributed by atoms with Crippen LogP contribution in [0.5, 0.6) is 0 Å². The number of rotatable bonds is 5. The SMILES string of the molecule is Cc1csc(C(=O)Nc2ccc(Nc3cc(-n4cccn4)ncn3)cc2)c1. The molecule has 0 bridgehead atoms. The molecular formula is C19H16N6OS. The highest BCUT2D eigenvalue weighted by Gasteiger charge is 2.08. The van der Waals surface area contributed by atoms with Crippen molar-refractivity contribution >= 4 is 34.4 Å². The molecule has 7 nitrogen and oxygen atoms in total. The normalized spacial score (nSPS) is 10.6. The number of aryl methyl sites for hydroxylation is 1. The Kier molecular flexibility index (Phi) is 4.63. The second-order valence-electron chi connectivity index (χ2n) is 5.86. The van der Waals surface area contributed by atoms with Gasteiger partial charge in [0.1, 0.15) is 12.1 Å². The zero-order valence-corrected chi connectivity index (χ0v) is 15.3. The Labute approximate surface area is 159 Å². The molecule has 1 aromatic carbocycles. The van der Waals surface area contributed by atoms with E-state index in [1.807, 2.05) is 61.0 Å². The van der Waals surface area contributed by atoms with Crippen LogP contribution in [0.25, 0.3) is 5.82 Å². The number of anilines is 3. The van der Waals surface area contributed by atoms with Gasteiger partial charge in [0.2, 0.25) is 0 Å². The summed E-state index contributed by atoms with van der Waals surface area (Å²) in [6.07, 6.45) is 5.00. The lowest BCUT2D eigenvalue weighted by molar-refractivity contribution is 0.103. The first kappa shape index (κ1) is 16.9. The molecule has 27 heavy (non-hydrogen) atoms. The van der Waals surface area contributed by atoms with E-state index in [1.54, 1.807) is 10.9 Å². The Morgan fingerprint density at radius 2 is 1.93 bits per heavy atom. The van der Waals surface area contributed by atoms with E-state index in [2.05, 4.69) is 25.7 Å². The van der Waals surface area contributed by atoms with Crippen LogP contribution >= 0.6 is 11.3 Å². The van der Waals surface area contributed by atoms with Gasteiger partial charge in [0, 0.05) is 29.8 Å². The van der Waals surface area contributed by atoms with Crippen molar-refractivity contribution in [3.8, 4) is 5.82 Å². The molecule has 0 unspecified atom stereocenters. The van der Waals surface area contributed by atoms with Crippen LogP contribution in [-0.2, 0) is 0 Å². The highest BCUT2D eigenvalue weighted by atomic mass is 32.1. The van der Waals surface area contributed by atoms with Crippen molar-refractivity contribution in [3.05, 3.63) is 77.0 Å². The Bertz CT molecular complexity index is 1060. The molecule has 134 valence electrons. The van der Waals surface area contributed by atoms with Gasteiger partial charge in [0.15, 0.2) is 5.82 Å². The number of nitrogens with zero attached hydrogens (tertiary/aromatic N) is 4. The van der Waals surface area contributed by atoms with Gasteiger partial charge in [-0.25, -0.2) is 14.6 Å². The minimum atomic E-state index is -0.103. The fourth-order valence-electron chi connectivity index (χ4n) is 2.47. The average molecular weight is 376 g/mol. The van der Waals surface area contributed by atoms with Crippen molar-refractivity contribution in [1.29, 1.82) is 0 Å². The summed E-state index contributed by atoms with van der Waals surface area (Å²) in [7, 11) is 0. The van der Waals surface area contributed by atoms with E-state index < -0.39 is 0 Å². The molecule has 1 amide bonds. The maximum absolute atomic E-state index is 12.2. The number of amides is 1. The molecule has 0 aliphatic carbocycles. The van der Waals surface area contributed by atoms with E-state index in [-0.39, 0.29) is 5.91 Å². The molecule has 8 heteroatoms. The molecular weight excluding hydrogens is 360 g/mol. The molecule has 4 aromatic rings. The van der Waals surface area contributed by atoms with E-state index in [0.717, 1.165) is 16.9 Å². The van der Waals surface area contributed by atoms with Crippen LogP contribution in [0.4, 0.5) is 17.2 Å². The first-order valence-corrected chi connectivity index (χ1v) is 9.11. The lowest BCUT2D eigenvalue weighted by atomic mass is 10.2. The van der Waals surface area contributed by atoms with Crippen LogP contribution in [0.1, 0.15) is 15.2 Å². The lowest BCUT2D eigenvalue weighted by Gasteiger charge is -2.08. The van der Waals surface area contributed by atoms with Gasteiger partial charge in [0.25, 0.3) is 5.91 Å². The molecule has 0 saturated heterocycles. The number of benzene rings is 1. The summed E-state index contributed by atoms with van der Waals surface area (Å²) in [6.45, 7) is 1.97. The van der Waals surface area contributed by atoms with E-state index in [0.29, 0.717) is 16.5 Å². The van der Waals surface area contributed by atoms with E-state index >= 15 is 0 Å². The molecule has 0 spiro atoms. The van der Waals surface area contributed by atoms with Crippen molar-refractivity contribution in [2.24, 2.45) is 0 Å². The van der Waals surface area contributed by atoms with Crippen LogP contribution < -0.4 is 10.6 Å². The van der Waals surface area contributed by atoms with Crippen LogP contribution in [0.2, 0.25) is 0 Å². The van der Waals surface area contributed by atoms with E-state index in [9.17, 15) is 4.79 Å². The number of carbonyl (C=O) groups is 1. The van der Waals surface area contributed by atoms with Crippen LogP contribution in [0.15, 0.2) is 66.6 Å². The molecule has 0 aliphatic heterocycles. The summed E-state index contributed by atoms with van der Waals surface area (Å²) >= 11 is 1.44. The summed E-state index contributed by atoms with van der Waals surface area (Å²) in [6, 6.07) is 13.0. The van der Waals surface area contributed by atoms with Crippen LogP contribution in [0.3, 0.4) is 0 Å². The zero-order valence-electron chi connectivity index (χ0n) is 14.5. The van der Waals surface area contributed by atoms with Gasteiger partial charge in [-0.1, -0.05) is 0 Å². The monoisotopic (exact) mass is 376 g/mol. The Balaban J connectivity index is 1.44. The van der Waals surface area contributed by atoms with Crippen LogP contribution in [0, 0.1) is 6.92 Å². The molecule has 0 atom stereocenters. The predicted molar refractivity (Wildman–Crippen MR) is 106 cm³/mol.